The van der Waals surface area contributed by atoms with Gasteiger partial charge in [0.1, 0.15) is 40.8 Å². The Bertz CT molecular complexity index is 2000. The van der Waals surface area contributed by atoms with Crippen LogP contribution >= 0.6 is 0 Å². The Hall–Kier alpha value is -5.87. The molecule has 1 aliphatic carbocycles. The smallest absolute Gasteiger partial charge is 0.163 e. The number of aliphatic hydroxyl groups is 1. The summed E-state index contributed by atoms with van der Waals surface area (Å²) in [6.45, 7) is 9.77. The SMILES string of the molecule is C=O.CC(=O)C12CC(C)CC(C(C)=O)(C1=O)C(c1ccccn1)N(C)C2c1ccccn1.CC(=O)C1C(=O)C(C(C)=O)C(c2ccccn2)N(C)C1c1ccccn1.CN.CO. The summed E-state index contributed by atoms with van der Waals surface area (Å²) in [4.78, 5) is 108. The molecule has 2 saturated heterocycles. The van der Waals surface area contributed by atoms with Crippen molar-refractivity contribution in [3.63, 3.8) is 0 Å². The lowest BCUT2D eigenvalue weighted by Gasteiger charge is -2.61. The van der Waals surface area contributed by atoms with E-state index in [4.69, 9.17) is 9.90 Å². The van der Waals surface area contributed by atoms with E-state index in [9.17, 15) is 28.8 Å². The third kappa shape index (κ3) is 9.31. The first-order chi connectivity index (χ1) is 29.7. The summed E-state index contributed by atoms with van der Waals surface area (Å²) in [5, 5.41) is 7.00. The van der Waals surface area contributed by atoms with Gasteiger partial charge in [0.25, 0.3) is 0 Å². The minimum atomic E-state index is -1.31. The molecular formula is C47H59N7O8. The average Bonchev–Trinajstić information content (AvgIpc) is 3.28. The Kier molecular flexibility index (Phi) is 18.2. The number of aliphatic hydroxyl groups excluding tert-OH is 1. The molecule has 1 saturated carbocycles. The van der Waals surface area contributed by atoms with Gasteiger partial charge < -0.3 is 15.6 Å². The van der Waals surface area contributed by atoms with E-state index in [1.807, 2.05) is 86.1 Å². The van der Waals surface area contributed by atoms with E-state index in [1.165, 1.54) is 34.7 Å². The van der Waals surface area contributed by atoms with Crippen LogP contribution in [0.1, 0.15) is 94.4 Å². The Morgan fingerprint density at radius 1 is 0.597 bits per heavy atom. The largest absolute Gasteiger partial charge is 0.400 e. The highest BCUT2D eigenvalue weighted by Gasteiger charge is 2.71. The summed E-state index contributed by atoms with van der Waals surface area (Å²) in [5.74, 6) is -3.37. The number of likely N-dealkylation sites (tertiary alicyclic amines) is 2. The van der Waals surface area contributed by atoms with Gasteiger partial charge in [0.15, 0.2) is 11.6 Å². The summed E-state index contributed by atoms with van der Waals surface area (Å²) in [5.41, 5.74) is 4.47. The van der Waals surface area contributed by atoms with Gasteiger partial charge in [-0.25, -0.2) is 0 Å². The van der Waals surface area contributed by atoms with Crippen molar-refractivity contribution in [3.05, 3.63) is 120 Å². The quantitative estimate of drug-likeness (QED) is 0.232. The van der Waals surface area contributed by atoms with Crippen molar-refractivity contribution in [2.75, 3.05) is 28.3 Å². The summed E-state index contributed by atoms with van der Waals surface area (Å²) in [6.07, 6.45) is 7.45. The molecular weight excluding hydrogens is 791 g/mol. The second kappa shape index (κ2) is 22.3. The van der Waals surface area contributed by atoms with Crippen molar-refractivity contribution < 1.29 is 38.7 Å². The molecule has 15 nitrogen and oxygen atoms in total. The average molecular weight is 850 g/mol. The van der Waals surface area contributed by atoms with E-state index < -0.39 is 46.8 Å². The number of ketones is 6. The molecule has 0 radical (unpaired) electrons. The molecule has 4 aromatic heterocycles. The lowest BCUT2D eigenvalue weighted by molar-refractivity contribution is -0.184. The second-order valence-electron chi connectivity index (χ2n) is 15.5. The van der Waals surface area contributed by atoms with Crippen LogP contribution in [-0.4, -0.2) is 105 Å². The molecule has 3 fully saturated rings. The molecule has 8 atom stereocenters. The third-order valence-corrected chi connectivity index (χ3v) is 12.1. The van der Waals surface area contributed by atoms with E-state index in [-0.39, 0.29) is 40.6 Å². The number of nitrogens with zero attached hydrogens (tertiary/aromatic N) is 6. The van der Waals surface area contributed by atoms with Crippen LogP contribution in [0, 0.1) is 28.6 Å². The molecule has 2 bridgehead atoms. The van der Waals surface area contributed by atoms with Gasteiger partial charge in [-0.15, -0.1) is 0 Å². The molecule has 3 N–H and O–H groups in total. The third-order valence-electron chi connectivity index (χ3n) is 12.1. The van der Waals surface area contributed by atoms with Gasteiger partial charge in [0.05, 0.1) is 58.8 Å². The first kappa shape index (κ1) is 50.5. The summed E-state index contributed by atoms with van der Waals surface area (Å²) in [7, 11) is 6.20. The van der Waals surface area contributed by atoms with Crippen LogP contribution in [0.5, 0.6) is 0 Å². The van der Waals surface area contributed by atoms with Gasteiger partial charge in [0, 0.05) is 31.9 Å². The van der Waals surface area contributed by atoms with Crippen LogP contribution in [0.4, 0.5) is 0 Å². The van der Waals surface area contributed by atoms with Crippen LogP contribution in [0.3, 0.4) is 0 Å². The highest BCUT2D eigenvalue weighted by molar-refractivity contribution is 6.19. The van der Waals surface area contributed by atoms with Crippen molar-refractivity contribution in [1.82, 2.24) is 29.7 Å². The van der Waals surface area contributed by atoms with E-state index in [1.54, 1.807) is 49.1 Å². The molecule has 0 amide bonds. The maximum absolute atomic E-state index is 14.3. The van der Waals surface area contributed by atoms with Crippen molar-refractivity contribution in [1.29, 1.82) is 0 Å². The monoisotopic (exact) mass is 849 g/mol. The number of carbonyl (C=O) groups excluding carboxylic acids is 7. The molecule has 15 heteroatoms. The molecule has 6 heterocycles. The predicted molar refractivity (Wildman–Crippen MR) is 232 cm³/mol. The number of carbonyl (C=O) groups is 7. The van der Waals surface area contributed by atoms with Gasteiger partial charge in [-0.1, -0.05) is 31.2 Å². The van der Waals surface area contributed by atoms with Crippen LogP contribution < -0.4 is 5.73 Å². The van der Waals surface area contributed by atoms with E-state index in [2.05, 4.69) is 25.7 Å². The number of Topliss-reactive ketones (excluding diaryl/α,β-unsaturated/α-hetero) is 6. The van der Waals surface area contributed by atoms with Crippen molar-refractivity contribution in [3.8, 4) is 0 Å². The zero-order valence-electron chi connectivity index (χ0n) is 37.0. The van der Waals surface area contributed by atoms with Crippen LogP contribution in [-0.2, 0) is 33.6 Å². The summed E-state index contributed by atoms with van der Waals surface area (Å²) < 4.78 is 0. The molecule has 8 unspecified atom stereocenters. The van der Waals surface area contributed by atoms with Crippen LogP contribution in [0.2, 0.25) is 0 Å². The number of pyridine rings is 4. The highest BCUT2D eigenvalue weighted by atomic mass is 16.2. The van der Waals surface area contributed by atoms with Crippen molar-refractivity contribution in [2.45, 2.75) is 71.6 Å². The van der Waals surface area contributed by atoms with E-state index in [0.29, 0.717) is 35.6 Å². The van der Waals surface area contributed by atoms with Crippen LogP contribution in [0.25, 0.3) is 0 Å². The number of nitrogens with two attached hydrogens (primary N) is 1. The van der Waals surface area contributed by atoms with Crippen molar-refractivity contribution >= 4 is 41.5 Å². The normalized spacial score (nSPS) is 27.8. The number of aromatic nitrogens is 4. The molecule has 2 aliphatic heterocycles. The van der Waals surface area contributed by atoms with Gasteiger partial charge in [0.2, 0.25) is 0 Å². The van der Waals surface area contributed by atoms with Gasteiger partial charge in [-0.2, -0.15) is 0 Å². The molecule has 62 heavy (non-hydrogen) atoms. The highest BCUT2D eigenvalue weighted by Crippen LogP contribution is 2.64. The zero-order chi connectivity index (χ0) is 46.5. The van der Waals surface area contributed by atoms with Crippen molar-refractivity contribution in [2.24, 2.45) is 34.3 Å². The fourth-order valence-electron chi connectivity index (χ4n) is 9.91. The molecule has 0 aromatic carbocycles. The lowest BCUT2D eigenvalue weighted by Crippen LogP contribution is -2.69. The first-order valence-corrected chi connectivity index (χ1v) is 20.2. The Morgan fingerprint density at radius 2 is 0.903 bits per heavy atom. The number of fused-ring (bicyclic) bond motifs is 2. The molecule has 3 aliphatic rings. The zero-order valence-corrected chi connectivity index (χ0v) is 37.0. The fourth-order valence-corrected chi connectivity index (χ4v) is 9.91. The summed E-state index contributed by atoms with van der Waals surface area (Å²) >= 11 is 0. The minimum Gasteiger partial charge on any atom is -0.400 e. The van der Waals surface area contributed by atoms with Crippen LogP contribution in [0.15, 0.2) is 97.6 Å². The van der Waals surface area contributed by atoms with Gasteiger partial charge in [-0.05, 0) is 116 Å². The Morgan fingerprint density at radius 3 is 1.16 bits per heavy atom. The Labute approximate surface area is 363 Å². The van der Waals surface area contributed by atoms with Gasteiger partial charge in [-0.3, -0.25) is 58.5 Å². The number of piperidine rings is 2. The fraction of sp³-hybridized carbons (Fsp3) is 0.426. The second-order valence-corrected chi connectivity index (χ2v) is 15.5. The molecule has 4 aromatic rings. The maximum Gasteiger partial charge on any atom is 0.163 e. The first-order valence-electron chi connectivity index (χ1n) is 20.2. The van der Waals surface area contributed by atoms with Gasteiger partial charge >= 0.3 is 0 Å². The van der Waals surface area contributed by atoms with E-state index >= 15 is 0 Å². The molecule has 330 valence electrons. The standard InChI is InChI=1S/C24H27N3O3.C20H21N3O3.CH5N.CH4O.CH2O/c1-15-13-23(16(2)28)20(18-9-5-7-11-25-18)27(4)21(19-10-6-8-12-26-19)24(14-15,17(3)29)22(23)30;1-12(24)16-18(14-8-4-6-10-21-14)23(3)19(15-9-5-7-11-22-15)17(13(2)25)20(16)26;3*1-2/h5-12,15,20-21H,13-14H2,1-4H3;4-11,16-19H,1-3H3;2H2,1H3;2H,1H3;1H2. The van der Waals surface area contributed by atoms with E-state index in [0.717, 1.165) is 7.11 Å². The number of rotatable bonds is 8. The predicted octanol–water partition coefficient (Wildman–Crippen LogP) is 4.54. The molecule has 7 rings (SSSR count). The maximum atomic E-state index is 14.3. The topological polar surface area (TPSA) is 224 Å². The number of hydrogen-bond acceptors (Lipinski definition) is 15. The minimum absolute atomic E-state index is 0.0293. The Balaban J connectivity index is 0.000000297. The number of hydrogen-bond donors (Lipinski definition) is 2. The lowest BCUT2D eigenvalue weighted by atomic mass is 9.47. The summed E-state index contributed by atoms with van der Waals surface area (Å²) in [6, 6.07) is 19.7. The molecule has 0 spiro atoms.